The predicted molar refractivity (Wildman–Crippen MR) is 74.8 cm³/mol. The molecule has 0 N–H and O–H groups in total. The Morgan fingerprint density at radius 2 is 1.95 bits per heavy atom. The maximum Gasteiger partial charge on any atom is 0.344 e. The van der Waals surface area contributed by atoms with Crippen LogP contribution in [0.5, 0.6) is 0 Å². The van der Waals surface area contributed by atoms with E-state index in [1.54, 1.807) is 13.8 Å². The minimum Gasteiger partial charge on any atom is -0.452 e. The normalized spacial score (nSPS) is 10.6. The minimum atomic E-state index is -0.548. The minimum absolute atomic E-state index is 0.0987. The summed E-state index contributed by atoms with van der Waals surface area (Å²) < 4.78 is 15.5. The van der Waals surface area contributed by atoms with Crippen molar-refractivity contribution >= 4 is 5.97 Å². The lowest BCUT2D eigenvalue weighted by Gasteiger charge is -2.03. The summed E-state index contributed by atoms with van der Waals surface area (Å²) in [5.74, 6) is 0.498. The summed E-state index contributed by atoms with van der Waals surface area (Å²) in [5.41, 5.74) is 1.52. The monoisotopic (exact) mass is 299 g/mol. The molecule has 7 nitrogen and oxygen atoms in total. The summed E-state index contributed by atoms with van der Waals surface area (Å²) in [7, 11) is 0. The number of aryl methyl sites for hydroxylation is 2. The molecular weight excluding hydrogens is 286 g/mol. The Hall–Kier alpha value is -2.96. The van der Waals surface area contributed by atoms with Crippen LogP contribution in [0.2, 0.25) is 0 Å². The third kappa shape index (κ3) is 2.73. The van der Waals surface area contributed by atoms with Gasteiger partial charge in [0, 0.05) is 12.5 Å². The third-order valence-corrected chi connectivity index (χ3v) is 3.01. The molecule has 0 bridgehead atoms. The Bertz CT molecular complexity index is 792. The van der Waals surface area contributed by atoms with E-state index in [4.69, 9.17) is 13.7 Å². The van der Waals surface area contributed by atoms with Gasteiger partial charge in [-0.15, -0.1) is 10.2 Å². The van der Waals surface area contributed by atoms with Gasteiger partial charge in [0.05, 0.1) is 0 Å². The van der Waals surface area contributed by atoms with E-state index < -0.39 is 5.97 Å². The second-order valence-electron chi connectivity index (χ2n) is 4.62. The molecule has 0 radical (unpaired) electrons. The summed E-state index contributed by atoms with van der Waals surface area (Å²) in [4.78, 5) is 12.3. The number of nitrogens with zero attached hydrogens (tertiary/aromatic N) is 3. The fraction of sp³-hybridized carbons (Fsp3) is 0.200. The van der Waals surface area contributed by atoms with E-state index in [2.05, 4.69) is 15.4 Å². The van der Waals surface area contributed by atoms with Gasteiger partial charge in [-0.05, 0) is 6.92 Å². The molecule has 0 unspecified atom stereocenters. The summed E-state index contributed by atoms with van der Waals surface area (Å²) in [6, 6.07) is 9.28. The molecule has 112 valence electrons. The molecule has 0 fully saturated rings. The van der Waals surface area contributed by atoms with Crippen molar-refractivity contribution in [3.05, 3.63) is 53.4 Å². The molecule has 0 amide bonds. The summed E-state index contributed by atoms with van der Waals surface area (Å²) in [6.07, 6.45) is 0. The standard InChI is InChI=1S/C15H13N3O4/c1-9-13(14(18-22-9)11-6-4-3-5-7-11)15(19)20-8-12-17-16-10(2)21-12/h3-7H,8H2,1-2H3. The van der Waals surface area contributed by atoms with Crippen molar-refractivity contribution in [2.45, 2.75) is 20.5 Å². The van der Waals surface area contributed by atoms with Gasteiger partial charge in [-0.1, -0.05) is 35.5 Å². The van der Waals surface area contributed by atoms with Crippen LogP contribution in [0.3, 0.4) is 0 Å². The van der Waals surface area contributed by atoms with Crippen LogP contribution in [-0.4, -0.2) is 21.3 Å². The zero-order valence-corrected chi connectivity index (χ0v) is 12.1. The van der Waals surface area contributed by atoms with E-state index in [-0.39, 0.29) is 12.5 Å². The second kappa shape index (κ2) is 5.80. The van der Waals surface area contributed by atoms with Crippen LogP contribution in [-0.2, 0) is 11.3 Å². The first-order valence-electron chi connectivity index (χ1n) is 6.63. The lowest BCUT2D eigenvalue weighted by molar-refractivity contribution is 0.0435. The molecule has 3 aromatic rings. The molecular formula is C15H13N3O4. The molecule has 0 saturated heterocycles. The molecule has 0 aliphatic heterocycles. The number of hydrogen-bond donors (Lipinski definition) is 0. The molecule has 3 rings (SSSR count). The largest absolute Gasteiger partial charge is 0.452 e. The topological polar surface area (TPSA) is 91.2 Å². The highest BCUT2D eigenvalue weighted by Gasteiger charge is 2.23. The van der Waals surface area contributed by atoms with E-state index >= 15 is 0 Å². The average Bonchev–Trinajstić information content (AvgIpc) is 3.12. The molecule has 0 aliphatic rings. The van der Waals surface area contributed by atoms with Crippen LogP contribution in [0.15, 0.2) is 39.3 Å². The molecule has 0 spiro atoms. The van der Waals surface area contributed by atoms with Gasteiger partial charge in [0.15, 0.2) is 6.61 Å². The molecule has 0 atom stereocenters. The Labute approximate surface area is 125 Å². The van der Waals surface area contributed by atoms with Gasteiger partial charge in [0.1, 0.15) is 17.0 Å². The first-order valence-corrected chi connectivity index (χ1v) is 6.63. The first-order chi connectivity index (χ1) is 10.6. The van der Waals surface area contributed by atoms with E-state index in [1.807, 2.05) is 30.3 Å². The zero-order chi connectivity index (χ0) is 15.5. The first kappa shape index (κ1) is 14.0. The van der Waals surface area contributed by atoms with Crippen molar-refractivity contribution in [3.63, 3.8) is 0 Å². The second-order valence-corrected chi connectivity index (χ2v) is 4.62. The summed E-state index contributed by atoms with van der Waals surface area (Å²) in [5, 5.41) is 11.4. The van der Waals surface area contributed by atoms with E-state index in [0.29, 0.717) is 22.9 Å². The fourth-order valence-electron chi connectivity index (χ4n) is 2.00. The Kier molecular flexibility index (Phi) is 3.69. The lowest BCUT2D eigenvalue weighted by Crippen LogP contribution is -2.07. The van der Waals surface area contributed by atoms with Crippen LogP contribution in [0.4, 0.5) is 0 Å². The van der Waals surface area contributed by atoms with Crippen LogP contribution >= 0.6 is 0 Å². The molecule has 7 heteroatoms. The lowest BCUT2D eigenvalue weighted by atomic mass is 10.1. The van der Waals surface area contributed by atoms with Crippen LogP contribution in [0.25, 0.3) is 11.3 Å². The van der Waals surface area contributed by atoms with Gasteiger partial charge >= 0.3 is 5.97 Å². The number of rotatable bonds is 4. The zero-order valence-electron chi connectivity index (χ0n) is 12.1. The highest BCUT2D eigenvalue weighted by atomic mass is 16.5. The van der Waals surface area contributed by atoms with Gasteiger partial charge in [-0.2, -0.15) is 0 Å². The number of benzene rings is 1. The van der Waals surface area contributed by atoms with Crippen LogP contribution in [0, 0.1) is 13.8 Å². The van der Waals surface area contributed by atoms with Crippen molar-refractivity contribution in [1.82, 2.24) is 15.4 Å². The summed E-state index contributed by atoms with van der Waals surface area (Å²) >= 11 is 0. The van der Waals surface area contributed by atoms with Gasteiger partial charge in [0.2, 0.25) is 5.89 Å². The van der Waals surface area contributed by atoms with E-state index in [9.17, 15) is 4.79 Å². The van der Waals surface area contributed by atoms with Crippen LogP contribution < -0.4 is 0 Å². The highest BCUT2D eigenvalue weighted by molar-refractivity contribution is 5.97. The Balaban J connectivity index is 1.82. The SMILES string of the molecule is Cc1nnc(COC(=O)c2c(-c3ccccc3)noc2C)o1. The van der Waals surface area contributed by atoms with Gasteiger partial charge in [-0.25, -0.2) is 4.79 Å². The number of carbonyl (C=O) groups is 1. The molecule has 1 aromatic carbocycles. The van der Waals surface area contributed by atoms with Crippen molar-refractivity contribution < 1.29 is 18.5 Å². The highest BCUT2D eigenvalue weighted by Crippen LogP contribution is 2.25. The number of aromatic nitrogens is 3. The maximum atomic E-state index is 12.3. The average molecular weight is 299 g/mol. The smallest absolute Gasteiger partial charge is 0.344 e. The Morgan fingerprint density at radius 3 is 2.64 bits per heavy atom. The predicted octanol–water partition coefficient (Wildman–Crippen LogP) is 2.70. The number of ether oxygens (including phenoxy) is 1. The van der Waals surface area contributed by atoms with Gasteiger partial charge in [-0.3, -0.25) is 0 Å². The molecule has 0 aliphatic carbocycles. The number of hydrogen-bond acceptors (Lipinski definition) is 7. The van der Waals surface area contributed by atoms with Crippen LogP contribution in [0.1, 0.15) is 27.9 Å². The van der Waals surface area contributed by atoms with Crippen molar-refractivity contribution in [1.29, 1.82) is 0 Å². The quantitative estimate of drug-likeness (QED) is 0.684. The molecule has 2 aromatic heterocycles. The molecule has 2 heterocycles. The van der Waals surface area contributed by atoms with Crippen molar-refractivity contribution in [2.24, 2.45) is 0 Å². The maximum absolute atomic E-state index is 12.3. The van der Waals surface area contributed by atoms with Gasteiger partial charge in [0.25, 0.3) is 5.89 Å². The third-order valence-electron chi connectivity index (χ3n) is 3.01. The van der Waals surface area contributed by atoms with Crippen molar-refractivity contribution in [3.8, 4) is 11.3 Å². The van der Waals surface area contributed by atoms with Gasteiger partial charge < -0.3 is 13.7 Å². The fourth-order valence-corrected chi connectivity index (χ4v) is 2.00. The molecule has 0 saturated carbocycles. The Morgan fingerprint density at radius 1 is 1.18 bits per heavy atom. The number of esters is 1. The van der Waals surface area contributed by atoms with Crippen molar-refractivity contribution in [2.75, 3.05) is 0 Å². The molecule has 22 heavy (non-hydrogen) atoms. The number of carbonyl (C=O) groups excluding carboxylic acids is 1. The van der Waals surface area contributed by atoms with E-state index in [0.717, 1.165) is 5.56 Å². The van der Waals surface area contributed by atoms with E-state index in [1.165, 1.54) is 0 Å². The summed E-state index contributed by atoms with van der Waals surface area (Å²) in [6.45, 7) is 3.22.